The number of nitro groups is 1. The van der Waals surface area contributed by atoms with Gasteiger partial charge in [-0.05, 0) is 48.0 Å². The lowest BCUT2D eigenvalue weighted by atomic mass is 10.0. The van der Waals surface area contributed by atoms with Gasteiger partial charge in [0.05, 0.1) is 4.92 Å². The fraction of sp³-hybridized carbons (Fsp3) is 0.0476. The summed E-state index contributed by atoms with van der Waals surface area (Å²) in [6.45, 7) is 1.29. The number of halogens is 2. The maximum absolute atomic E-state index is 14.3. The third-order valence-corrected chi connectivity index (χ3v) is 4.13. The molecule has 0 aliphatic carbocycles. The smallest absolute Gasteiger partial charge is 0.293 e. The number of aldehydes is 1. The zero-order valence-electron chi connectivity index (χ0n) is 15.6. The molecule has 152 valence electrons. The summed E-state index contributed by atoms with van der Waals surface area (Å²) < 4.78 is 27.5. The number of carbonyl (C=O) groups excluding carboxylic acids is 2. The van der Waals surface area contributed by atoms with Crippen LogP contribution in [0.15, 0.2) is 54.6 Å². The van der Waals surface area contributed by atoms with Crippen molar-refractivity contribution < 1.29 is 23.3 Å². The molecule has 7 nitrogen and oxygen atoms in total. The first-order chi connectivity index (χ1) is 14.3. The summed E-state index contributed by atoms with van der Waals surface area (Å²) in [6, 6.07) is 11.5. The highest BCUT2D eigenvalue weighted by Gasteiger charge is 2.16. The molecule has 0 unspecified atom stereocenters. The molecule has 0 bridgehead atoms. The molecular formula is C21H15F2N3O4. The average Bonchev–Trinajstić information content (AvgIpc) is 2.67. The molecule has 9 heteroatoms. The van der Waals surface area contributed by atoms with Gasteiger partial charge in [0, 0.05) is 41.6 Å². The fourth-order valence-corrected chi connectivity index (χ4v) is 2.89. The predicted octanol–water partition coefficient (Wildman–Crippen LogP) is 5.05. The van der Waals surface area contributed by atoms with Crippen LogP contribution in [0.25, 0.3) is 11.1 Å². The van der Waals surface area contributed by atoms with E-state index in [2.05, 4.69) is 10.6 Å². The van der Waals surface area contributed by atoms with Gasteiger partial charge >= 0.3 is 0 Å². The van der Waals surface area contributed by atoms with Crippen molar-refractivity contribution in [2.45, 2.75) is 6.92 Å². The van der Waals surface area contributed by atoms with E-state index in [4.69, 9.17) is 0 Å². The first kappa shape index (κ1) is 20.6. The minimum absolute atomic E-state index is 0.0810. The van der Waals surface area contributed by atoms with E-state index in [1.165, 1.54) is 43.3 Å². The number of rotatable bonds is 6. The number of hydrogen-bond acceptors (Lipinski definition) is 5. The highest BCUT2D eigenvalue weighted by Crippen LogP contribution is 2.33. The maximum Gasteiger partial charge on any atom is 0.293 e. The Bertz CT molecular complexity index is 1160. The Labute approximate surface area is 169 Å². The Balaban J connectivity index is 2.09. The summed E-state index contributed by atoms with van der Waals surface area (Å²) in [6.07, 6.45) is 0.490. The van der Waals surface area contributed by atoms with E-state index >= 15 is 0 Å². The number of carbonyl (C=O) groups is 2. The van der Waals surface area contributed by atoms with Crippen molar-refractivity contribution in [2.75, 3.05) is 10.6 Å². The molecule has 0 radical (unpaired) electrons. The predicted molar refractivity (Wildman–Crippen MR) is 108 cm³/mol. The Morgan fingerprint density at radius 2 is 1.77 bits per heavy atom. The fourth-order valence-electron chi connectivity index (χ4n) is 2.89. The number of amides is 1. The summed E-state index contributed by atoms with van der Waals surface area (Å²) >= 11 is 0. The summed E-state index contributed by atoms with van der Waals surface area (Å²) in [4.78, 5) is 33.1. The Morgan fingerprint density at radius 3 is 2.40 bits per heavy atom. The Morgan fingerprint density at radius 1 is 1.03 bits per heavy atom. The van der Waals surface area contributed by atoms with Crippen molar-refractivity contribution in [1.82, 2.24) is 0 Å². The number of benzene rings is 3. The van der Waals surface area contributed by atoms with Crippen LogP contribution in [0.3, 0.4) is 0 Å². The third-order valence-electron chi connectivity index (χ3n) is 4.13. The van der Waals surface area contributed by atoms with Crippen LogP contribution in [0.1, 0.15) is 17.3 Å². The van der Waals surface area contributed by atoms with Crippen molar-refractivity contribution in [2.24, 2.45) is 0 Å². The summed E-state index contributed by atoms with van der Waals surface area (Å²) in [5.74, 6) is -1.92. The SMILES string of the molecule is CC(=O)Nc1cc(Nc2ccc(C=O)cc2[N+](=O)[O-])cc(-c2ccc(F)cc2F)c1. The second-order valence-electron chi connectivity index (χ2n) is 6.38. The van der Waals surface area contributed by atoms with Gasteiger partial charge in [-0.3, -0.25) is 19.7 Å². The molecule has 0 heterocycles. The van der Waals surface area contributed by atoms with Gasteiger partial charge in [0.15, 0.2) is 0 Å². The van der Waals surface area contributed by atoms with Gasteiger partial charge in [0.25, 0.3) is 5.69 Å². The summed E-state index contributed by atoms with van der Waals surface area (Å²) in [5, 5.41) is 16.8. The average molecular weight is 411 g/mol. The number of nitrogens with one attached hydrogen (secondary N) is 2. The molecule has 0 aliphatic rings. The van der Waals surface area contributed by atoms with Crippen LogP contribution < -0.4 is 10.6 Å². The molecule has 0 saturated heterocycles. The lowest BCUT2D eigenvalue weighted by Gasteiger charge is -2.13. The van der Waals surface area contributed by atoms with E-state index in [0.717, 1.165) is 18.2 Å². The topological polar surface area (TPSA) is 101 Å². The highest BCUT2D eigenvalue weighted by molar-refractivity contribution is 5.91. The van der Waals surface area contributed by atoms with Crippen LogP contribution in [-0.4, -0.2) is 17.1 Å². The number of hydrogen-bond donors (Lipinski definition) is 2. The van der Waals surface area contributed by atoms with Crippen molar-refractivity contribution in [3.63, 3.8) is 0 Å². The lowest BCUT2D eigenvalue weighted by molar-refractivity contribution is -0.383. The lowest BCUT2D eigenvalue weighted by Crippen LogP contribution is -2.06. The van der Waals surface area contributed by atoms with E-state index in [0.29, 0.717) is 23.2 Å². The van der Waals surface area contributed by atoms with Crippen molar-refractivity contribution >= 4 is 34.9 Å². The summed E-state index contributed by atoms with van der Waals surface area (Å²) in [7, 11) is 0. The van der Waals surface area contributed by atoms with Gasteiger partial charge in [-0.2, -0.15) is 0 Å². The van der Waals surface area contributed by atoms with Crippen molar-refractivity contribution in [3.8, 4) is 11.1 Å². The van der Waals surface area contributed by atoms with Gasteiger partial charge < -0.3 is 10.6 Å². The number of nitrogens with zero attached hydrogens (tertiary/aromatic N) is 1. The minimum Gasteiger partial charge on any atom is -0.350 e. The number of nitro benzene ring substituents is 1. The number of anilines is 3. The monoisotopic (exact) mass is 411 g/mol. The molecule has 1 amide bonds. The van der Waals surface area contributed by atoms with E-state index in [9.17, 15) is 28.5 Å². The van der Waals surface area contributed by atoms with E-state index in [-0.39, 0.29) is 28.4 Å². The third kappa shape index (κ3) is 4.64. The van der Waals surface area contributed by atoms with E-state index < -0.39 is 16.6 Å². The Hall–Kier alpha value is -4.14. The highest BCUT2D eigenvalue weighted by atomic mass is 19.1. The molecule has 3 aromatic carbocycles. The second kappa shape index (κ2) is 8.48. The van der Waals surface area contributed by atoms with Gasteiger partial charge in [-0.15, -0.1) is 0 Å². The van der Waals surface area contributed by atoms with Crippen molar-refractivity contribution in [1.29, 1.82) is 0 Å². The molecule has 0 saturated carbocycles. The normalized spacial score (nSPS) is 10.4. The first-order valence-corrected chi connectivity index (χ1v) is 8.65. The van der Waals surface area contributed by atoms with E-state index in [1.807, 2.05) is 0 Å². The van der Waals surface area contributed by atoms with Gasteiger partial charge in [0.2, 0.25) is 5.91 Å². The molecule has 0 spiro atoms. The largest absolute Gasteiger partial charge is 0.350 e. The van der Waals surface area contributed by atoms with Gasteiger partial charge in [0.1, 0.15) is 23.6 Å². The first-order valence-electron chi connectivity index (χ1n) is 8.65. The summed E-state index contributed by atoms with van der Waals surface area (Å²) in [5.41, 5.74) is 0.898. The standard InChI is InChI=1S/C21H15F2N3O4/c1-12(28)24-16-7-14(18-4-3-15(22)9-19(18)23)8-17(10-16)25-20-5-2-13(11-27)6-21(20)26(29)30/h2-11,25H,1H3,(H,24,28). The quantitative estimate of drug-likeness (QED) is 0.336. The molecule has 0 fully saturated rings. The van der Waals surface area contributed by atoms with Crippen LogP contribution >= 0.6 is 0 Å². The molecule has 0 aromatic heterocycles. The maximum atomic E-state index is 14.3. The molecule has 0 aliphatic heterocycles. The van der Waals surface area contributed by atoms with Crippen LogP contribution in [0.5, 0.6) is 0 Å². The minimum atomic E-state index is -0.803. The molecule has 3 aromatic rings. The molecule has 3 rings (SSSR count). The molecule has 30 heavy (non-hydrogen) atoms. The zero-order chi connectivity index (χ0) is 21.8. The zero-order valence-corrected chi connectivity index (χ0v) is 15.6. The Kier molecular flexibility index (Phi) is 5.82. The van der Waals surface area contributed by atoms with Crippen LogP contribution in [0, 0.1) is 21.7 Å². The van der Waals surface area contributed by atoms with Crippen LogP contribution in [0.4, 0.5) is 31.5 Å². The van der Waals surface area contributed by atoms with Crippen molar-refractivity contribution in [3.05, 3.63) is 81.9 Å². The van der Waals surface area contributed by atoms with Gasteiger partial charge in [-0.25, -0.2) is 8.78 Å². The van der Waals surface area contributed by atoms with Crippen LogP contribution in [0.2, 0.25) is 0 Å². The van der Waals surface area contributed by atoms with E-state index in [1.54, 1.807) is 0 Å². The molecule has 0 atom stereocenters. The molecular weight excluding hydrogens is 396 g/mol. The van der Waals surface area contributed by atoms with Gasteiger partial charge in [-0.1, -0.05) is 0 Å². The van der Waals surface area contributed by atoms with Crippen LogP contribution in [-0.2, 0) is 4.79 Å². The second-order valence-corrected chi connectivity index (χ2v) is 6.38. The molecule has 2 N–H and O–H groups in total.